The van der Waals surface area contributed by atoms with Crippen molar-refractivity contribution in [3.63, 3.8) is 0 Å². The second-order valence-electron chi connectivity index (χ2n) is 6.92. The highest BCUT2D eigenvalue weighted by atomic mass is 35.5. The van der Waals surface area contributed by atoms with Crippen molar-refractivity contribution >= 4 is 29.4 Å². The molecule has 0 aromatic heterocycles. The molecule has 1 fully saturated rings. The van der Waals surface area contributed by atoms with Gasteiger partial charge < -0.3 is 15.4 Å². The van der Waals surface area contributed by atoms with Gasteiger partial charge in [0.25, 0.3) is 5.91 Å². The average Bonchev–Trinajstić information content (AvgIpc) is 2.91. The number of nitrogens with one attached hydrogen (secondary N) is 2. The summed E-state index contributed by atoms with van der Waals surface area (Å²) in [4.78, 5) is 38.1. The van der Waals surface area contributed by atoms with Gasteiger partial charge in [-0.2, -0.15) is 0 Å². The molecule has 7 nitrogen and oxygen atoms in total. The molecule has 2 N–H and O–H groups in total. The quantitative estimate of drug-likeness (QED) is 0.654. The molecule has 0 radical (unpaired) electrons. The Bertz CT molecular complexity index is 996. The summed E-state index contributed by atoms with van der Waals surface area (Å²) in [6.45, 7) is 1.07. The average molecular weight is 456 g/mol. The molecule has 2 aromatic rings. The Morgan fingerprint density at radius 1 is 1.13 bits per heavy atom. The molecule has 2 aromatic carbocycles. The van der Waals surface area contributed by atoms with Gasteiger partial charge in [0.1, 0.15) is 17.8 Å². The van der Waals surface area contributed by atoms with Crippen LogP contribution in [-0.4, -0.2) is 35.7 Å². The minimum Gasteiger partial charge on any atom is -0.406 e. The Morgan fingerprint density at radius 2 is 1.74 bits per heavy atom. The molecule has 1 atom stereocenters. The number of urea groups is 1. The lowest BCUT2D eigenvalue weighted by Gasteiger charge is -2.22. The van der Waals surface area contributed by atoms with Crippen molar-refractivity contribution in [3.05, 3.63) is 64.7 Å². The number of imide groups is 1. The van der Waals surface area contributed by atoms with E-state index in [1.807, 2.05) is 0 Å². The van der Waals surface area contributed by atoms with E-state index in [1.165, 1.54) is 19.1 Å². The molecule has 1 aliphatic heterocycles. The molecule has 31 heavy (non-hydrogen) atoms. The maximum absolute atomic E-state index is 12.8. The minimum atomic E-state index is -4.85. The molecule has 1 saturated heterocycles. The Hall–Kier alpha value is -3.27. The molecule has 3 rings (SSSR count). The zero-order valence-electron chi connectivity index (χ0n) is 16.1. The lowest BCUT2D eigenvalue weighted by molar-refractivity contribution is -0.274. The first-order valence-electron chi connectivity index (χ1n) is 8.99. The van der Waals surface area contributed by atoms with Crippen LogP contribution in [0.5, 0.6) is 5.75 Å². The van der Waals surface area contributed by atoms with Crippen molar-refractivity contribution in [2.24, 2.45) is 0 Å². The zero-order valence-corrected chi connectivity index (χ0v) is 16.9. The molecule has 4 amide bonds. The predicted octanol–water partition coefficient (Wildman–Crippen LogP) is 3.32. The van der Waals surface area contributed by atoms with Gasteiger partial charge in [-0.1, -0.05) is 35.9 Å². The number of hydrogen-bond acceptors (Lipinski definition) is 4. The van der Waals surface area contributed by atoms with E-state index >= 15 is 0 Å². The number of hydrogen-bond donors (Lipinski definition) is 2. The number of nitrogens with zero attached hydrogens (tertiary/aromatic N) is 1. The van der Waals surface area contributed by atoms with Gasteiger partial charge in [-0.05, 0) is 42.3 Å². The second-order valence-corrected chi connectivity index (χ2v) is 7.36. The first-order chi connectivity index (χ1) is 14.5. The summed E-state index contributed by atoms with van der Waals surface area (Å²) < 4.78 is 40.7. The number of benzene rings is 2. The van der Waals surface area contributed by atoms with E-state index < -0.39 is 42.0 Å². The van der Waals surface area contributed by atoms with Crippen LogP contribution >= 0.6 is 11.6 Å². The van der Waals surface area contributed by atoms with Crippen LogP contribution in [0.25, 0.3) is 0 Å². The van der Waals surface area contributed by atoms with Gasteiger partial charge in [-0.25, -0.2) is 4.79 Å². The van der Waals surface area contributed by atoms with E-state index in [2.05, 4.69) is 15.4 Å². The second kappa shape index (κ2) is 8.46. The summed E-state index contributed by atoms with van der Waals surface area (Å²) >= 11 is 5.80. The van der Waals surface area contributed by atoms with Gasteiger partial charge in [0.05, 0.1) is 0 Å². The summed E-state index contributed by atoms with van der Waals surface area (Å²) in [5.41, 5.74) is -0.519. The van der Waals surface area contributed by atoms with Crippen molar-refractivity contribution < 1.29 is 32.3 Å². The van der Waals surface area contributed by atoms with Gasteiger partial charge in [0.15, 0.2) is 0 Å². The van der Waals surface area contributed by atoms with Gasteiger partial charge >= 0.3 is 12.4 Å². The lowest BCUT2D eigenvalue weighted by atomic mass is 9.92. The first-order valence-corrected chi connectivity index (χ1v) is 9.37. The van der Waals surface area contributed by atoms with Crippen LogP contribution < -0.4 is 15.4 Å². The third kappa shape index (κ3) is 5.26. The number of alkyl halides is 3. The molecule has 11 heteroatoms. The fourth-order valence-electron chi connectivity index (χ4n) is 3.03. The fourth-order valence-corrected chi connectivity index (χ4v) is 3.15. The molecule has 0 saturated carbocycles. The molecule has 0 bridgehead atoms. The largest absolute Gasteiger partial charge is 0.573 e. The monoisotopic (exact) mass is 455 g/mol. The summed E-state index contributed by atoms with van der Waals surface area (Å²) in [5, 5.41) is 5.63. The predicted molar refractivity (Wildman–Crippen MR) is 104 cm³/mol. The van der Waals surface area contributed by atoms with Crippen LogP contribution in [0.15, 0.2) is 48.5 Å². The topological polar surface area (TPSA) is 87.7 Å². The molecule has 1 aliphatic rings. The summed E-state index contributed by atoms with van der Waals surface area (Å²) in [6.07, 6.45) is -4.85. The number of carbonyl (C=O) groups is 3. The van der Waals surface area contributed by atoms with Gasteiger partial charge in [-0.3, -0.25) is 14.5 Å². The van der Waals surface area contributed by atoms with Crippen molar-refractivity contribution in [1.29, 1.82) is 0 Å². The van der Waals surface area contributed by atoms with E-state index in [0.29, 0.717) is 5.02 Å². The van der Waals surface area contributed by atoms with E-state index in [4.69, 9.17) is 11.6 Å². The number of halogens is 4. The maximum Gasteiger partial charge on any atom is 0.573 e. The van der Waals surface area contributed by atoms with Crippen LogP contribution in [0.4, 0.5) is 18.0 Å². The first kappa shape index (κ1) is 22.4. The Morgan fingerprint density at radius 3 is 2.32 bits per heavy atom. The molecule has 0 aliphatic carbocycles. The summed E-state index contributed by atoms with van der Waals surface area (Å²) in [5.74, 6) is -1.73. The SMILES string of the molecule is C[C@]1(c2ccc(OC(F)(F)F)cc2)NC(=O)N(CC(=O)NCc2ccc(Cl)cc2)C1=O. The molecule has 0 unspecified atom stereocenters. The van der Waals surface area contributed by atoms with Crippen LogP contribution in [0.1, 0.15) is 18.1 Å². The Kier molecular flexibility index (Phi) is 6.12. The Labute approximate surface area is 180 Å². The van der Waals surface area contributed by atoms with Crippen molar-refractivity contribution in [1.82, 2.24) is 15.5 Å². The molecule has 0 spiro atoms. The van der Waals surface area contributed by atoms with Crippen molar-refractivity contribution in [2.45, 2.75) is 25.4 Å². The third-order valence-electron chi connectivity index (χ3n) is 4.64. The number of carbonyl (C=O) groups excluding carboxylic acids is 3. The van der Waals surface area contributed by atoms with Crippen LogP contribution in [0, 0.1) is 0 Å². The van der Waals surface area contributed by atoms with Crippen LogP contribution in [0.2, 0.25) is 5.02 Å². The Balaban J connectivity index is 1.65. The number of amides is 4. The van der Waals surface area contributed by atoms with Gasteiger partial charge in [0.2, 0.25) is 5.91 Å². The normalized spacial score (nSPS) is 18.7. The standard InChI is InChI=1S/C20H17ClF3N3O4/c1-19(13-4-8-15(9-5-13)31-20(22,23)24)17(29)27(18(30)26-19)11-16(28)25-10-12-2-6-14(21)7-3-12/h2-9H,10-11H2,1H3,(H,25,28)(H,26,30)/t19-/m1/s1. The molecule has 164 valence electrons. The van der Waals surface area contributed by atoms with Crippen molar-refractivity contribution in [3.8, 4) is 5.75 Å². The van der Waals surface area contributed by atoms with Crippen LogP contribution in [0.3, 0.4) is 0 Å². The van der Waals surface area contributed by atoms with Gasteiger partial charge in [0, 0.05) is 11.6 Å². The smallest absolute Gasteiger partial charge is 0.406 e. The molecule has 1 heterocycles. The number of rotatable bonds is 6. The van der Waals surface area contributed by atoms with E-state index in [9.17, 15) is 27.6 Å². The third-order valence-corrected chi connectivity index (χ3v) is 4.90. The summed E-state index contributed by atoms with van der Waals surface area (Å²) in [6, 6.07) is 10.5. The molecular formula is C20H17ClF3N3O4. The number of ether oxygens (including phenoxy) is 1. The highest BCUT2D eigenvalue weighted by Gasteiger charge is 2.49. The lowest BCUT2D eigenvalue weighted by Crippen LogP contribution is -2.43. The van der Waals surface area contributed by atoms with Crippen molar-refractivity contribution in [2.75, 3.05) is 6.54 Å². The van der Waals surface area contributed by atoms with E-state index in [0.717, 1.165) is 22.6 Å². The summed E-state index contributed by atoms with van der Waals surface area (Å²) in [7, 11) is 0. The van der Waals surface area contributed by atoms with E-state index in [-0.39, 0.29) is 12.1 Å². The van der Waals surface area contributed by atoms with Gasteiger partial charge in [-0.15, -0.1) is 13.2 Å². The van der Waals surface area contributed by atoms with Crippen LogP contribution in [-0.2, 0) is 21.7 Å². The van der Waals surface area contributed by atoms with E-state index in [1.54, 1.807) is 24.3 Å². The zero-order chi connectivity index (χ0) is 22.8. The highest BCUT2D eigenvalue weighted by molar-refractivity contribution is 6.30. The maximum atomic E-state index is 12.8. The fraction of sp³-hybridized carbons (Fsp3) is 0.250. The minimum absolute atomic E-state index is 0.178. The highest BCUT2D eigenvalue weighted by Crippen LogP contribution is 2.31. The molecular weight excluding hydrogens is 439 g/mol.